The number of nitrogens with zero attached hydrogens (tertiary/aromatic N) is 1. The highest BCUT2D eigenvalue weighted by Crippen LogP contribution is 2.39. The van der Waals surface area contributed by atoms with Gasteiger partial charge < -0.3 is 28.6 Å². The number of quaternary nitrogens is 1. The molecule has 11 heteroatoms. The molecule has 2 rings (SSSR count). The second-order valence-electron chi connectivity index (χ2n) is 7.60. The van der Waals surface area contributed by atoms with Crippen LogP contribution in [0.25, 0.3) is 0 Å². The lowest BCUT2D eigenvalue weighted by Crippen LogP contribution is -2.50. The summed E-state index contributed by atoms with van der Waals surface area (Å²) >= 11 is 0. The molecule has 28 heavy (non-hydrogen) atoms. The van der Waals surface area contributed by atoms with Gasteiger partial charge in [-0.1, -0.05) is 12.2 Å². The zero-order valence-corrected chi connectivity index (χ0v) is 17.1. The van der Waals surface area contributed by atoms with Gasteiger partial charge in [0.2, 0.25) is 5.91 Å². The summed E-state index contributed by atoms with van der Waals surface area (Å²) in [5, 5.41) is 2.79. The van der Waals surface area contributed by atoms with E-state index in [2.05, 4.69) is 5.32 Å². The maximum absolute atomic E-state index is 12.7. The Labute approximate surface area is 165 Å². The monoisotopic (exact) mass is 420 g/mol. The fraction of sp³-hybridized carbons (Fsp3) is 0.765. The third kappa shape index (κ3) is 6.24. The molecule has 10 nitrogen and oxygen atoms in total. The van der Waals surface area contributed by atoms with Crippen LogP contribution in [0.1, 0.15) is 0 Å². The number of hydrogen-bond donors (Lipinski definition) is 1. The van der Waals surface area contributed by atoms with Crippen LogP contribution in [0.3, 0.4) is 0 Å². The highest BCUT2D eigenvalue weighted by Gasteiger charge is 2.53. The molecule has 2 heterocycles. The SMILES string of the molecule is COCCOC(=O)C1C(C(=O)NCC[N+](C)(C)CCS(=O)(=O)[O-])[C@@H]2C=C[C@H]1O2. The van der Waals surface area contributed by atoms with Gasteiger partial charge in [0.25, 0.3) is 0 Å². The summed E-state index contributed by atoms with van der Waals surface area (Å²) in [4.78, 5) is 25.0. The first-order chi connectivity index (χ1) is 13.0. The highest BCUT2D eigenvalue weighted by molar-refractivity contribution is 7.85. The molecule has 0 spiro atoms. The average molecular weight is 420 g/mol. The Morgan fingerprint density at radius 2 is 1.79 bits per heavy atom. The van der Waals surface area contributed by atoms with Crippen molar-refractivity contribution in [3.05, 3.63) is 12.2 Å². The molecule has 0 aromatic rings. The Balaban J connectivity index is 1.88. The standard InChI is InChI=1S/C17H28N2O8S/c1-19(2,8-11-28(22,23)24)7-6-18-16(20)14-12-4-5-13(27-12)15(14)17(21)26-10-9-25-3/h4-5,12-15H,6-11H2,1-3H3,(H-,18,20,22,23,24)/t12-,13+,14?,15?/m0/s1. The maximum atomic E-state index is 12.7. The molecule has 4 atom stereocenters. The molecule has 0 aromatic carbocycles. The molecule has 2 aliphatic heterocycles. The number of hydrogen-bond acceptors (Lipinski definition) is 8. The second kappa shape index (κ2) is 9.31. The van der Waals surface area contributed by atoms with Gasteiger partial charge >= 0.3 is 5.97 Å². The molecule has 0 aliphatic carbocycles. The first-order valence-electron chi connectivity index (χ1n) is 9.07. The van der Waals surface area contributed by atoms with Crippen molar-refractivity contribution in [3.63, 3.8) is 0 Å². The van der Waals surface area contributed by atoms with Crippen molar-refractivity contribution in [2.45, 2.75) is 12.2 Å². The predicted octanol–water partition coefficient (Wildman–Crippen LogP) is -1.52. The molecule has 1 N–H and O–H groups in total. The number of ether oxygens (including phenoxy) is 3. The molecule has 160 valence electrons. The van der Waals surface area contributed by atoms with Crippen LogP contribution in [-0.4, -0.2) is 101 Å². The molecule has 0 aromatic heterocycles. The largest absolute Gasteiger partial charge is 0.748 e. The fourth-order valence-electron chi connectivity index (χ4n) is 3.29. The van der Waals surface area contributed by atoms with E-state index in [-0.39, 0.29) is 36.7 Å². The number of nitrogens with one attached hydrogen (secondary N) is 1. The van der Waals surface area contributed by atoms with Crippen LogP contribution in [0, 0.1) is 11.8 Å². The minimum Gasteiger partial charge on any atom is -0.748 e. The van der Waals surface area contributed by atoms with E-state index >= 15 is 0 Å². The van der Waals surface area contributed by atoms with Crippen LogP contribution in [0.2, 0.25) is 0 Å². The molecule has 1 saturated heterocycles. The lowest BCUT2D eigenvalue weighted by Gasteiger charge is -2.30. The number of fused-ring (bicyclic) bond motifs is 2. The lowest BCUT2D eigenvalue weighted by molar-refractivity contribution is -0.886. The quantitative estimate of drug-likeness (QED) is 0.140. The molecule has 2 bridgehead atoms. The summed E-state index contributed by atoms with van der Waals surface area (Å²) in [6, 6.07) is 0. The van der Waals surface area contributed by atoms with Crippen molar-refractivity contribution >= 4 is 22.0 Å². The van der Waals surface area contributed by atoms with E-state index in [1.807, 2.05) is 0 Å². The minimum absolute atomic E-state index is 0.107. The fourth-order valence-corrected chi connectivity index (χ4v) is 4.01. The van der Waals surface area contributed by atoms with Gasteiger partial charge in [0.15, 0.2) is 0 Å². The van der Waals surface area contributed by atoms with E-state index < -0.39 is 45.9 Å². The van der Waals surface area contributed by atoms with Gasteiger partial charge in [-0.05, 0) is 0 Å². The highest BCUT2D eigenvalue weighted by atomic mass is 32.2. The zero-order valence-electron chi connectivity index (χ0n) is 16.3. The third-order valence-corrected chi connectivity index (χ3v) is 5.65. The predicted molar refractivity (Wildman–Crippen MR) is 97.0 cm³/mol. The molecule has 1 amide bonds. The minimum atomic E-state index is -4.28. The number of carbonyl (C=O) groups is 2. The van der Waals surface area contributed by atoms with E-state index in [1.54, 1.807) is 26.2 Å². The van der Waals surface area contributed by atoms with Gasteiger partial charge in [0, 0.05) is 7.11 Å². The van der Waals surface area contributed by atoms with Crippen LogP contribution in [-0.2, 0) is 33.9 Å². The van der Waals surface area contributed by atoms with Crippen LogP contribution in [0.4, 0.5) is 0 Å². The average Bonchev–Trinajstić information content (AvgIpc) is 3.20. The number of likely N-dealkylation sites (N-methyl/N-ethyl adjacent to an activating group) is 1. The van der Waals surface area contributed by atoms with Crippen LogP contribution in [0.15, 0.2) is 12.2 Å². The summed E-state index contributed by atoms with van der Waals surface area (Å²) in [5.74, 6) is -2.66. The smallest absolute Gasteiger partial charge is 0.312 e. The number of esters is 1. The molecule has 2 aliphatic rings. The molecule has 0 saturated carbocycles. The number of methoxy groups -OCH3 is 1. The number of rotatable bonds is 11. The molecular weight excluding hydrogens is 392 g/mol. The summed E-state index contributed by atoms with van der Waals surface area (Å²) in [6.07, 6.45) is 2.58. The topological polar surface area (TPSA) is 131 Å². The van der Waals surface area contributed by atoms with E-state index in [4.69, 9.17) is 14.2 Å². The Hall–Kier alpha value is -1.53. The summed E-state index contributed by atoms with van der Waals surface area (Å²) in [6.45, 7) is 1.23. The summed E-state index contributed by atoms with van der Waals surface area (Å²) < 4.78 is 48.3. The Morgan fingerprint density at radius 1 is 1.14 bits per heavy atom. The van der Waals surface area contributed by atoms with Crippen molar-refractivity contribution in [1.29, 1.82) is 0 Å². The van der Waals surface area contributed by atoms with Crippen molar-refractivity contribution in [2.24, 2.45) is 11.8 Å². The number of carbonyl (C=O) groups excluding carboxylic acids is 2. The lowest BCUT2D eigenvalue weighted by atomic mass is 9.82. The first kappa shape index (κ1) is 22.8. The van der Waals surface area contributed by atoms with E-state index in [0.717, 1.165) is 0 Å². The van der Waals surface area contributed by atoms with E-state index in [1.165, 1.54) is 7.11 Å². The normalized spacial score (nSPS) is 26.4. The molecule has 1 fully saturated rings. The molecular formula is C17H28N2O8S. The van der Waals surface area contributed by atoms with Gasteiger partial charge in [-0.2, -0.15) is 0 Å². The summed E-state index contributed by atoms with van der Waals surface area (Å²) in [7, 11) is 0.767. The van der Waals surface area contributed by atoms with Gasteiger partial charge in [0.05, 0.1) is 64.2 Å². The Morgan fingerprint density at radius 3 is 2.39 bits per heavy atom. The van der Waals surface area contributed by atoms with Gasteiger partial charge in [0.1, 0.15) is 22.6 Å². The van der Waals surface area contributed by atoms with Crippen molar-refractivity contribution in [2.75, 3.05) is 59.8 Å². The second-order valence-corrected chi connectivity index (χ2v) is 9.12. The Kier molecular flexibility index (Phi) is 7.57. The van der Waals surface area contributed by atoms with E-state index in [9.17, 15) is 22.6 Å². The third-order valence-electron chi connectivity index (χ3n) is 4.97. The van der Waals surface area contributed by atoms with Crippen LogP contribution >= 0.6 is 0 Å². The number of amides is 1. The van der Waals surface area contributed by atoms with Crippen LogP contribution < -0.4 is 5.32 Å². The van der Waals surface area contributed by atoms with E-state index in [0.29, 0.717) is 6.54 Å². The molecule has 0 radical (unpaired) electrons. The first-order valence-corrected chi connectivity index (χ1v) is 10.6. The zero-order chi connectivity index (χ0) is 20.9. The van der Waals surface area contributed by atoms with Crippen molar-refractivity contribution < 1.29 is 41.3 Å². The van der Waals surface area contributed by atoms with Crippen molar-refractivity contribution in [1.82, 2.24) is 5.32 Å². The van der Waals surface area contributed by atoms with Crippen LogP contribution in [0.5, 0.6) is 0 Å². The van der Waals surface area contributed by atoms with Gasteiger partial charge in [-0.3, -0.25) is 9.59 Å². The maximum Gasteiger partial charge on any atom is 0.312 e. The summed E-state index contributed by atoms with van der Waals surface area (Å²) in [5.41, 5.74) is 0. The molecule has 2 unspecified atom stereocenters. The Bertz CT molecular complexity index is 706. The van der Waals surface area contributed by atoms with Gasteiger partial charge in [-0.25, -0.2) is 8.42 Å². The van der Waals surface area contributed by atoms with Crippen molar-refractivity contribution in [3.8, 4) is 0 Å². The van der Waals surface area contributed by atoms with Gasteiger partial charge in [-0.15, -0.1) is 0 Å².